The summed E-state index contributed by atoms with van der Waals surface area (Å²) < 4.78 is 37.7. The number of nitrogen functional groups attached to an aromatic ring is 1. The average Bonchev–Trinajstić information content (AvgIpc) is 3.07. The highest BCUT2D eigenvalue weighted by Gasteiger charge is 2.30. The van der Waals surface area contributed by atoms with Crippen molar-refractivity contribution in [2.75, 3.05) is 5.73 Å². The lowest BCUT2D eigenvalue weighted by atomic mass is 10.1. The number of alkyl halides is 3. The van der Waals surface area contributed by atoms with E-state index in [0.717, 1.165) is 30.0 Å². The summed E-state index contributed by atoms with van der Waals surface area (Å²) in [6.07, 6.45) is 0.347. The van der Waals surface area contributed by atoms with Gasteiger partial charge >= 0.3 is 6.18 Å². The molecule has 1 heterocycles. The zero-order chi connectivity index (χ0) is 15.0. The molecule has 0 radical (unpaired) electrons. The van der Waals surface area contributed by atoms with Gasteiger partial charge in [-0.05, 0) is 25.0 Å². The highest BCUT2D eigenvalue weighted by Crippen LogP contribution is 2.41. The standard InChI is InChI=1S/C15H15F3N2S/c16-15(17,18)11-7-5-9(6-8-11)12-13(19)21-14(20-12)10-3-1-2-4-10/h5-8,10H,1-4,19H2. The van der Waals surface area contributed by atoms with E-state index in [-0.39, 0.29) is 0 Å². The second-order valence-corrected chi connectivity index (χ2v) is 6.38. The van der Waals surface area contributed by atoms with Gasteiger partial charge in [0.2, 0.25) is 0 Å². The number of hydrogen-bond acceptors (Lipinski definition) is 3. The van der Waals surface area contributed by atoms with Gasteiger partial charge in [-0.2, -0.15) is 13.2 Å². The van der Waals surface area contributed by atoms with Crippen LogP contribution >= 0.6 is 11.3 Å². The normalized spacial score (nSPS) is 16.5. The number of nitrogens with zero attached hydrogens (tertiary/aromatic N) is 1. The van der Waals surface area contributed by atoms with E-state index in [4.69, 9.17) is 5.73 Å². The summed E-state index contributed by atoms with van der Waals surface area (Å²) in [6, 6.07) is 5.02. The van der Waals surface area contributed by atoms with Crippen LogP contribution in [0.1, 0.15) is 42.2 Å². The summed E-state index contributed by atoms with van der Waals surface area (Å²) in [5.41, 5.74) is 6.59. The van der Waals surface area contributed by atoms with Crippen LogP contribution in [0.3, 0.4) is 0 Å². The predicted octanol–water partition coefficient (Wildman–Crippen LogP) is 5.07. The first-order valence-electron chi connectivity index (χ1n) is 6.89. The monoisotopic (exact) mass is 312 g/mol. The molecule has 6 heteroatoms. The molecule has 0 spiro atoms. The summed E-state index contributed by atoms with van der Waals surface area (Å²) in [5, 5.41) is 1.59. The predicted molar refractivity (Wildman–Crippen MR) is 78.2 cm³/mol. The van der Waals surface area contributed by atoms with E-state index in [0.29, 0.717) is 22.2 Å². The smallest absolute Gasteiger partial charge is 0.389 e. The minimum atomic E-state index is -4.32. The molecule has 0 amide bonds. The molecular formula is C15H15F3N2S. The van der Waals surface area contributed by atoms with Crippen LogP contribution in [-0.2, 0) is 6.18 Å². The van der Waals surface area contributed by atoms with E-state index in [2.05, 4.69) is 4.98 Å². The van der Waals surface area contributed by atoms with Gasteiger partial charge in [0.1, 0.15) is 10.7 Å². The molecule has 2 nitrogen and oxygen atoms in total. The number of rotatable bonds is 2. The van der Waals surface area contributed by atoms with Gasteiger partial charge in [0.25, 0.3) is 0 Å². The van der Waals surface area contributed by atoms with E-state index >= 15 is 0 Å². The van der Waals surface area contributed by atoms with Crippen molar-refractivity contribution in [3.63, 3.8) is 0 Å². The molecule has 2 aromatic rings. The van der Waals surface area contributed by atoms with E-state index in [1.165, 1.54) is 36.3 Å². The van der Waals surface area contributed by atoms with Crippen LogP contribution in [-0.4, -0.2) is 4.98 Å². The van der Waals surface area contributed by atoms with Crippen LogP contribution in [0.25, 0.3) is 11.3 Å². The first-order chi connectivity index (χ1) is 9.95. The fourth-order valence-corrected chi connectivity index (χ4v) is 3.75. The number of aromatic nitrogens is 1. The zero-order valence-electron chi connectivity index (χ0n) is 11.3. The van der Waals surface area contributed by atoms with Crippen molar-refractivity contribution < 1.29 is 13.2 Å². The lowest BCUT2D eigenvalue weighted by Crippen LogP contribution is -2.04. The van der Waals surface area contributed by atoms with Crippen LogP contribution in [0.2, 0.25) is 0 Å². The first-order valence-corrected chi connectivity index (χ1v) is 7.70. The van der Waals surface area contributed by atoms with E-state index in [1.54, 1.807) is 0 Å². The van der Waals surface area contributed by atoms with Crippen molar-refractivity contribution in [3.8, 4) is 11.3 Å². The summed E-state index contributed by atoms with van der Waals surface area (Å²) in [5.74, 6) is 0.459. The van der Waals surface area contributed by atoms with Crippen molar-refractivity contribution in [1.29, 1.82) is 0 Å². The second-order valence-electron chi connectivity index (χ2n) is 5.32. The molecule has 1 aromatic carbocycles. The Morgan fingerprint density at radius 2 is 1.71 bits per heavy atom. The van der Waals surface area contributed by atoms with Crippen LogP contribution in [0, 0.1) is 0 Å². The molecule has 3 rings (SSSR count). The molecule has 2 N–H and O–H groups in total. The maximum absolute atomic E-state index is 12.6. The third-order valence-electron chi connectivity index (χ3n) is 3.86. The molecule has 1 saturated carbocycles. The first kappa shape index (κ1) is 14.4. The van der Waals surface area contributed by atoms with Gasteiger partial charge in [0, 0.05) is 11.5 Å². The van der Waals surface area contributed by atoms with Gasteiger partial charge in [-0.15, -0.1) is 11.3 Å². The number of thiazole rings is 1. The average molecular weight is 312 g/mol. The van der Waals surface area contributed by atoms with Crippen LogP contribution in [0.4, 0.5) is 18.2 Å². The Morgan fingerprint density at radius 3 is 2.29 bits per heavy atom. The number of nitrogens with two attached hydrogens (primary N) is 1. The molecule has 1 fully saturated rings. The highest BCUT2D eigenvalue weighted by atomic mass is 32.1. The van der Waals surface area contributed by atoms with E-state index in [9.17, 15) is 13.2 Å². The summed E-state index contributed by atoms with van der Waals surface area (Å²) >= 11 is 1.46. The Hall–Kier alpha value is -1.56. The summed E-state index contributed by atoms with van der Waals surface area (Å²) in [7, 11) is 0. The molecule has 1 aliphatic rings. The fourth-order valence-electron chi connectivity index (χ4n) is 2.72. The molecule has 21 heavy (non-hydrogen) atoms. The molecule has 0 unspecified atom stereocenters. The molecule has 0 aliphatic heterocycles. The number of anilines is 1. The molecular weight excluding hydrogens is 297 g/mol. The van der Waals surface area contributed by atoms with Crippen LogP contribution in [0.5, 0.6) is 0 Å². The fraction of sp³-hybridized carbons (Fsp3) is 0.400. The number of benzene rings is 1. The molecule has 112 valence electrons. The second kappa shape index (κ2) is 5.33. The van der Waals surface area contributed by atoms with Gasteiger partial charge in [-0.1, -0.05) is 25.0 Å². The Kier molecular flexibility index (Phi) is 3.65. The van der Waals surface area contributed by atoms with Crippen molar-refractivity contribution in [2.24, 2.45) is 0 Å². The van der Waals surface area contributed by atoms with Gasteiger partial charge in [-0.3, -0.25) is 0 Å². The number of halogens is 3. The molecule has 1 aromatic heterocycles. The minimum Gasteiger partial charge on any atom is -0.389 e. The molecule has 0 bridgehead atoms. The third-order valence-corrected chi connectivity index (χ3v) is 4.91. The van der Waals surface area contributed by atoms with Gasteiger partial charge in [0.05, 0.1) is 10.6 Å². The van der Waals surface area contributed by atoms with Crippen LogP contribution < -0.4 is 5.73 Å². The van der Waals surface area contributed by atoms with Crippen molar-refractivity contribution in [1.82, 2.24) is 4.98 Å². The van der Waals surface area contributed by atoms with Crippen molar-refractivity contribution >= 4 is 16.3 Å². The minimum absolute atomic E-state index is 0.459. The van der Waals surface area contributed by atoms with Gasteiger partial charge in [0.15, 0.2) is 0 Å². The molecule has 0 saturated heterocycles. The highest BCUT2D eigenvalue weighted by molar-refractivity contribution is 7.16. The number of hydrogen-bond donors (Lipinski definition) is 1. The van der Waals surface area contributed by atoms with Crippen molar-refractivity contribution in [2.45, 2.75) is 37.8 Å². The quantitative estimate of drug-likeness (QED) is 0.841. The maximum atomic E-state index is 12.6. The lowest BCUT2D eigenvalue weighted by Gasteiger charge is -2.07. The van der Waals surface area contributed by atoms with E-state index < -0.39 is 11.7 Å². The van der Waals surface area contributed by atoms with Gasteiger partial charge < -0.3 is 5.73 Å². The largest absolute Gasteiger partial charge is 0.416 e. The lowest BCUT2D eigenvalue weighted by molar-refractivity contribution is -0.137. The van der Waals surface area contributed by atoms with E-state index in [1.807, 2.05) is 0 Å². The van der Waals surface area contributed by atoms with Crippen LogP contribution in [0.15, 0.2) is 24.3 Å². The topological polar surface area (TPSA) is 38.9 Å². The molecule has 1 aliphatic carbocycles. The third kappa shape index (κ3) is 2.90. The van der Waals surface area contributed by atoms with Gasteiger partial charge in [-0.25, -0.2) is 4.98 Å². The Bertz CT molecular complexity index is 625. The summed E-state index contributed by atoms with van der Waals surface area (Å²) in [6.45, 7) is 0. The Balaban J connectivity index is 1.89. The Labute approximate surface area is 124 Å². The zero-order valence-corrected chi connectivity index (χ0v) is 12.1. The SMILES string of the molecule is Nc1sc(C2CCCC2)nc1-c1ccc(C(F)(F)F)cc1. The molecule has 0 atom stereocenters. The maximum Gasteiger partial charge on any atom is 0.416 e. The summed E-state index contributed by atoms with van der Waals surface area (Å²) in [4.78, 5) is 4.57. The Morgan fingerprint density at radius 1 is 1.10 bits per heavy atom. The van der Waals surface area contributed by atoms with Crippen molar-refractivity contribution in [3.05, 3.63) is 34.8 Å².